The van der Waals surface area contributed by atoms with Crippen molar-refractivity contribution in [1.82, 2.24) is 19.7 Å². The number of thioether (sulfide) groups is 1. The average Bonchev–Trinajstić information content (AvgIpc) is 3.24. The van der Waals surface area contributed by atoms with E-state index in [4.69, 9.17) is 16.0 Å². The Morgan fingerprint density at radius 2 is 2.17 bits per heavy atom. The fourth-order valence-electron chi connectivity index (χ4n) is 3.14. The molecule has 0 N–H and O–H groups in total. The SMILES string of the molecule is CCn1c(SCC(=O)N(Cc2c(F)cccc2Cl)C2CC2)nnc1-c1ccco1. The van der Waals surface area contributed by atoms with Crippen LogP contribution in [0, 0.1) is 5.82 Å². The Kier molecular flexibility index (Phi) is 5.91. The Bertz CT molecular complexity index is 984. The van der Waals surface area contributed by atoms with Gasteiger partial charge in [-0.1, -0.05) is 29.4 Å². The second-order valence-electron chi connectivity index (χ2n) is 6.77. The molecule has 9 heteroatoms. The molecule has 1 amide bonds. The van der Waals surface area contributed by atoms with Gasteiger partial charge in [0.1, 0.15) is 5.82 Å². The molecule has 2 aromatic heterocycles. The van der Waals surface area contributed by atoms with Crippen molar-refractivity contribution in [3.8, 4) is 11.6 Å². The van der Waals surface area contributed by atoms with Crippen molar-refractivity contribution in [2.45, 2.75) is 44.1 Å². The van der Waals surface area contributed by atoms with Crippen LogP contribution in [0.25, 0.3) is 11.6 Å². The van der Waals surface area contributed by atoms with E-state index in [1.54, 1.807) is 29.4 Å². The van der Waals surface area contributed by atoms with Crippen LogP contribution in [0.1, 0.15) is 25.3 Å². The van der Waals surface area contributed by atoms with E-state index in [1.165, 1.54) is 17.8 Å². The largest absolute Gasteiger partial charge is 0.461 e. The highest BCUT2D eigenvalue weighted by Crippen LogP contribution is 2.32. The molecule has 0 saturated heterocycles. The summed E-state index contributed by atoms with van der Waals surface area (Å²) < 4.78 is 21.5. The van der Waals surface area contributed by atoms with Gasteiger partial charge in [-0.3, -0.25) is 9.36 Å². The number of carbonyl (C=O) groups excluding carboxylic acids is 1. The van der Waals surface area contributed by atoms with Crippen LogP contribution in [0.15, 0.2) is 46.2 Å². The van der Waals surface area contributed by atoms with Gasteiger partial charge in [0.25, 0.3) is 0 Å². The number of hydrogen-bond acceptors (Lipinski definition) is 5. The fourth-order valence-corrected chi connectivity index (χ4v) is 4.25. The maximum Gasteiger partial charge on any atom is 0.233 e. The average molecular weight is 435 g/mol. The maximum absolute atomic E-state index is 14.2. The van der Waals surface area contributed by atoms with Crippen molar-refractivity contribution < 1.29 is 13.6 Å². The van der Waals surface area contributed by atoms with Crippen LogP contribution in [0.4, 0.5) is 4.39 Å². The predicted molar refractivity (Wildman–Crippen MR) is 109 cm³/mol. The molecular formula is C20H20ClFN4O2S. The van der Waals surface area contributed by atoms with E-state index in [-0.39, 0.29) is 24.2 Å². The minimum atomic E-state index is -0.391. The van der Waals surface area contributed by atoms with Crippen LogP contribution in [0.3, 0.4) is 0 Å². The number of amides is 1. The smallest absolute Gasteiger partial charge is 0.233 e. The first kappa shape index (κ1) is 20.0. The summed E-state index contributed by atoms with van der Waals surface area (Å²) in [6.45, 7) is 2.81. The molecule has 0 aliphatic heterocycles. The zero-order valence-corrected chi connectivity index (χ0v) is 17.4. The van der Waals surface area contributed by atoms with Gasteiger partial charge < -0.3 is 9.32 Å². The van der Waals surface area contributed by atoms with E-state index in [1.807, 2.05) is 17.6 Å². The summed E-state index contributed by atoms with van der Waals surface area (Å²) in [6, 6.07) is 8.33. The molecule has 3 aromatic rings. The first-order valence-electron chi connectivity index (χ1n) is 9.40. The first-order chi connectivity index (χ1) is 14.1. The van der Waals surface area contributed by atoms with Crippen LogP contribution in [0.2, 0.25) is 5.02 Å². The van der Waals surface area contributed by atoms with Gasteiger partial charge in [-0.25, -0.2) is 4.39 Å². The van der Waals surface area contributed by atoms with E-state index in [0.717, 1.165) is 12.8 Å². The number of aromatic nitrogens is 3. The molecule has 0 unspecified atom stereocenters. The molecule has 29 heavy (non-hydrogen) atoms. The number of nitrogens with zero attached hydrogens (tertiary/aromatic N) is 4. The molecule has 1 aromatic carbocycles. The molecule has 0 radical (unpaired) electrons. The molecule has 0 atom stereocenters. The summed E-state index contributed by atoms with van der Waals surface area (Å²) in [5, 5.41) is 9.39. The van der Waals surface area contributed by atoms with E-state index >= 15 is 0 Å². The van der Waals surface area contributed by atoms with E-state index in [0.29, 0.717) is 33.9 Å². The normalized spacial score (nSPS) is 13.6. The zero-order valence-electron chi connectivity index (χ0n) is 15.8. The van der Waals surface area contributed by atoms with Gasteiger partial charge in [-0.05, 0) is 44.0 Å². The Morgan fingerprint density at radius 3 is 2.83 bits per heavy atom. The van der Waals surface area contributed by atoms with Crippen LogP contribution in [-0.2, 0) is 17.9 Å². The standard InChI is InChI=1S/C20H20ClFN4O2S/c1-2-25-19(17-7-4-10-28-17)23-24-20(25)29-12-18(27)26(13-8-9-13)11-14-15(21)5-3-6-16(14)22/h3-7,10,13H,2,8-9,11-12H2,1H3. The molecule has 4 rings (SSSR count). The number of hydrogen-bond donors (Lipinski definition) is 0. The van der Waals surface area contributed by atoms with Crippen LogP contribution >= 0.6 is 23.4 Å². The van der Waals surface area contributed by atoms with E-state index in [9.17, 15) is 9.18 Å². The van der Waals surface area contributed by atoms with E-state index < -0.39 is 5.82 Å². The van der Waals surface area contributed by atoms with Gasteiger partial charge in [0.2, 0.25) is 5.91 Å². The van der Waals surface area contributed by atoms with Crippen molar-refractivity contribution in [3.63, 3.8) is 0 Å². The number of carbonyl (C=O) groups is 1. The molecule has 0 spiro atoms. The van der Waals surface area contributed by atoms with E-state index in [2.05, 4.69) is 10.2 Å². The number of furan rings is 1. The van der Waals surface area contributed by atoms with Crippen LogP contribution in [-0.4, -0.2) is 37.4 Å². The zero-order chi connectivity index (χ0) is 20.4. The molecule has 152 valence electrons. The molecule has 0 bridgehead atoms. The summed E-state index contributed by atoms with van der Waals surface area (Å²) in [4.78, 5) is 14.6. The van der Waals surface area contributed by atoms with Gasteiger partial charge in [0, 0.05) is 23.2 Å². The predicted octanol–water partition coefficient (Wildman–Crippen LogP) is 4.63. The molecule has 1 aliphatic carbocycles. The summed E-state index contributed by atoms with van der Waals surface area (Å²) in [5.41, 5.74) is 0.358. The summed E-state index contributed by atoms with van der Waals surface area (Å²) in [5.74, 6) is 0.995. The van der Waals surface area contributed by atoms with Crippen LogP contribution < -0.4 is 0 Å². The third-order valence-electron chi connectivity index (χ3n) is 4.80. The van der Waals surface area contributed by atoms with Crippen LogP contribution in [0.5, 0.6) is 0 Å². The van der Waals surface area contributed by atoms with Gasteiger partial charge in [0.05, 0.1) is 18.6 Å². The van der Waals surface area contributed by atoms with Gasteiger partial charge in [-0.2, -0.15) is 0 Å². The topological polar surface area (TPSA) is 64.2 Å². The monoisotopic (exact) mass is 434 g/mol. The minimum Gasteiger partial charge on any atom is -0.461 e. The van der Waals surface area contributed by atoms with Crippen molar-refractivity contribution in [2.75, 3.05) is 5.75 Å². The highest BCUT2D eigenvalue weighted by atomic mass is 35.5. The Balaban J connectivity index is 1.47. The van der Waals surface area contributed by atoms with Gasteiger partial charge in [-0.15, -0.1) is 10.2 Å². The minimum absolute atomic E-state index is 0.0676. The summed E-state index contributed by atoms with van der Waals surface area (Å²) in [6.07, 6.45) is 3.44. The summed E-state index contributed by atoms with van der Waals surface area (Å²) >= 11 is 7.47. The number of rotatable bonds is 8. The molecule has 6 nitrogen and oxygen atoms in total. The lowest BCUT2D eigenvalue weighted by Crippen LogP contribution is -2.34. The number of benzene rings is 1. The molecule has 2 heterocycles. The van der Waals surface area contributed by atoms with Crippen molar-refractivity contribution >= 4 is 29.3 Å². The van der Waals surface area contributed by atoms with Gasteiger partial charge in [0.15, 0.2) is 16.7 Å². The second kappa shape index (κ2) is 8.59. The Morgan fingerprint density at radius 1 is 1.34 bits per heavy atom. The molecule has 1 saturated carbocycles. The highest BCUT2D eigenvalue weighted by Gasteiger charge is 2.33. The molecular weight excluding hydrogens is 415 g/mol. The lowest BCUT2D eigenvalue weighted by Gasteiger charge is -2.23. The fraction of sp³-hybridized carbons (Fsp3) is 0.350. The highest BCUT2D eigenvalue weighted by molar-refractivity contribution is 7.99. The van der Waals surface area contributed by atoms with Crippen molar-refractivity contribution in [3.05, 3.63) is 53.0 Å². The number of halogens is 2. The maximum atomic E-state index is 14.2. The Labute approximate surface area is 177 Å². The lowest BCUT2D eigenvalue weighted by atomic mass is 10.2. The molecule has 1 fully saturated rings. The third-order valence-corrected chi connectivity index (χ3v) is 6.10. The second-order valence-corrected chi connectivity index (χ2v) is 8.12. The van der Waals surface area contributed by atoms with Crippen molar-refractivity contribution in [2.24, 2.45) is 0 Å². The lowest BCUT2D eigenvalue weighted by molar-refractivity contribution is -0.129. The Hall–Kier alpha value is -2.32. The van der Waals surface area contributed by atoms with Crippen molar-refractivity contribution in [1.29, 1.82) is 0 Å². The summed E-state index contributed by atoms with van der Waals surface area (Å²) in [7, 11) is 0. The third kappa shape index (κ3) is 4.33. The quantitative estimate of drug-likeness (QED) is 0.483. The first-order valence-corrected chi connectivity index (χ1v) is 10.8. The molecule has 1 aliphatic rings. The van der Waals surface area contributed by atoms with Gasteiger partial charge >= 0.3 is 0 Å².